The number of nitrogens with zero attached hydrogens (tertiary/aromatic N) is 2. The average Bonchev–Trinajstić information content (AvgIpc) is 3.33. The molecule has 0 aliphatic heterocycles. The summed E-state index contributed by atoms with van der Waals surface area (Å²) >= 11 is 0. The SMILES string of the molecule is CCCCCCC(C/C=C/CCCCCCCC(=O)O[C@H](COC(=O)CCCCCCC/C=C/C[C@H](C)CCCCCC#N)COC(=O)CCCCCCC/C=C/C[C@@H](O)CCCCCC)N=O. The van der Waals surface area contributed by atoms with Gasteiger partial charge in [0.15, 0.2) is 6.10 Å². The van der Waals surface area contributed by atoms with Crippen LogP contribution in [0.25, 0.3) is 0 Å². The van der Waals surface area contributed by atoms with Crippen LogP contribution in [0.4, 0.5) is 0 Å². The lowest BCUT2D eigenvalue weighted by molar-refractivity contribution is -0.167. The lowest BCUT2D eigenvalue weighted by Crippen LogP contribution is -2.30. The molecule has 0 heterocycles. The van der Waals surface area contributed by atoms with Gasteiger partial charge in [0.05, 0.1) is 18.2 Å². The first-order chi connectivity index (χ1) is 33.2. The standard InChI is InChI=1S/C58H102N2O8/c1-4-6-8-32-42-53(60-65)43-33-23-17-11-14-21-27-38-48-58(64)68-55(51-67-57(63)47-37-26-20-15-12-18-24-35-45-54(61)44-34-9-7-5-2)50-66-56(62)46-36-25-19-13-10-16-22-30-40-52(3)41-31-28-29-39-49-59/h22-24,30,33,35,52-55,61H,4-21,25-29,31-32,34,36-48,50-51H2,1-3H3/b30-22+,33-23+,35-24+/t52-,53?,54-,55+/m0/s1. The lowest BCUT2D eigenvalue weighted by atomic mass is 9.99. The normalized spacial score (nSPS) is 13.5. The second kappa shape index (κ2) is 51.5. The summed E-state index contributed by atoms with van der Waals surface area (Å²) in [5, 5.41) is 22.1. The van der Waals surface area contributed by atoms with E-state index in [-0.39, 0.29) is 49.7 Å². The summed E-state index contributed by atoms with van der Waals surface area (Å²) in [7, 11) is 0. The third kappa shape index (κ3) is 47.7. The van der Waals surface area contributed by atoms with Crippen molar-refractivity contribution in [2.45, 2.75) is 289 Å². The van der Waals surface area contributed by atoms with Crippen molar-refractivity contribution in [3.8, 4) is 6.07 Å². The van der Waals surface area contributed by atoms with Crippen LogP contribution in [0.1, 0.15) is 271 Å². The van der Waals surface area contributed by atoms with E-state index in [1.807, 2.05) is 0 Å². The van der Waals surface area contributed by atoms with Crippen LogP contribution in [-0.2, 0) is 28.6 Å². The molecular weight excluding hydrogens is 853 g/mol. The van der Waals surface area contributed by atoms with Gasteiger partial charge in [-0.15, -0.1) is 0 Å². The molecule has 0 amide bonds. The zero-order valence-corrected chi connectivity index (χ0v) is 44.0. The number of nitroso groups, excluding NO2 is 1. The highest BCUT2D eigenvalue weighted by molar-refractivity contribution is 5.71. The van der Waals surface area contributed by atoms with Crippen LogP contribution in [0.5, 0.6) is 0 Å². The number of unbranched alkanes of at least 4 members (excludes halogenated alkanes) is 24. The van der Waals surface area contributed by atoms with Gasteiger partial charge in [-0.05, 0) is 102 Å². The van der Waals surface area contributed by atoms with Crippen molar-refractivity contribution in [2.75, 3.05) is 13.2 Å². The smallest absolute Gasteiger partial charge is 0.306 e. The molecular formula is C58H102N2O8. The fraction of sp³-hybridized carbons (Fsp3) is 0.828. The van der Waals surface area contributed by atoms with Crippen LogP contribution in [0.3, 0.4) is 0 Å². The minimum absolute atomic E-state index is 0.116. The first-order valence-electron chi connectivity index (χ1n) is 28.1. The minimum Gasteiger partial charge on any atom is -0.462 e. The Morgan fingerprint density at radius 3 is 1.46 bits per heavy atom. The quantitative estimate of drug-likeness (QED) is 0.0206. The van der Waals surface area contributed by atoms with E-state index in [0.717, 1.165) is 173 Å². The summed E-state index contributed by atoms with van der Waals surface area (Å²) in [5.41, 5.74) is 0. The Bertz CT molecular complexity index is 1310. The van der Waals surface area contributed by atoms with Crippen molar-refractivity contribution in [1.82, 2.24) is 0 Å². The van der Waals surface area contributed by atoms with Gasteiger partial charge in [-0.3, -0.25) is 14.4 Å². The molecule has 1 unspecified atom stereocenters. The summed E-state index contributed by atoms with van der Waals surface area (Å²) < 4.78 is 16.8. The average molecular weight is 955 g/mol. The molecule has 392 valence electrons. The molecule has 0 aromatic heterocycles. The van der Waals surface area contributed by atoms with Gasteiger partial charge in [0.25, 0.3) is 0 Å². The molecule has 10 heteroatoms. The zero-order chi connectivity index (χ0) is 49.8. The van der Waals surface area contributed by atoms with Crippen molar-refractivity contribution >= 4 is 17.9 Å². The summed E-state index contributed by atoms with van der Waals surface area (Å²) in [4.78, 5) is 49.3. The lowest BCUT2D eigenvalue weighted by Gasteiger charge is -2.18. The van der Waals surface area contributed by atoms with E-state index in [1.165, 1.54) is 44.9 Å². The van der Waals surface area contributed by atoms with E-state index in [1.54, 1.807) is 0 Å². The second-order valence-electron chi connectivity index (χ2n) is 19.5. The first-order valence-corrected chi connectivity index (χ1v) is 28.1. The Labute approximate surface area is 416 Å². The van der Waals surface area contributed by atoms with E-state index < -0.39 is 6.10 Å². The van der Waals surface area contributed by atoms with E-state index in [4.69, 9.17) is 19.5 Å². The number of ether oxygens (including phenoxy) is 3. The number of esters is 3. The van der Waals surface area contributed by atoms with Crippen LogP contribution >= 0.6 is 0 Å². The number of nitriles is 1. The van der Waals surface area contributed by atoms with E-state index in [2.05, 4.69) is 68.5 Å². The molecule has 0 aromatic carbocycles. The van der Waals surface area contributed by atoms with Gasteiger partial charge in [-0.1, -0.05) is 191 Å². The van der Waals surface area contributed by atoms with Crippen LogP contribution in [0, 0.1) is 22.2 Å². The van der Waals surface area contributed by atoms with Crippen LogP contribution in [-0.4, -0.2) is 54.5 Å². The monoisotopic (exact) mass is 955 g/mol. The van der Waals surface area contributed by atoms with Gasteiger partial charge in [-0.2, -0.15) is 10.2 Å². The molecule has 0 aliphatic rings. The molecule has 0 saturated carbocycles. The molecule has 0 fully saturated rings. The fourth-order valence-electron chi connectivity index (χ4n) is 8.19. The second-order valence-corrected chi connectivity index (χ2v) is 19.5. The number of hydrogen-bond donors (Lipinski definition) is 1. The van der Waals surface area contributed by atoms with Crippen molar-refractivity contribution in [1.29, 1.82) is 5.26 Å². The highest BCUT2D eigenvalue weighted by Crippen LogP contribution is 2.17. The van der Waals surface area contributed by atoms with Crippen LogP contribution in [0.2, 0.25) is 0 Å². The van der Waals surface area contributed by atoms with Crippen molar-refractivity contribution in [3.63, 3.8) is 0 Å². The number of hydrogen-bond acceptors (Lipinski definition) is 10. The van der Waals surface area contributed by atoms with Crippen LogP contribution in [0.15, 0.2) is 41.6 Å². The number of carbonyl (C=O) groups is 3. The Kier molecular flexibility index (Phi) is 49.0. The summed E-state index contributed by atoms with van der Waals surface area (Å²) in [6, 6.07) is 2.10. The molecule has 0 saturated heterocycles. The fourth-order valence-corrected chi connectivity index (χ4v) is 8.19. The minimum atomic E-state index is -0.840. The maximum Gasteiger partial charge on any atom is 0.306 e. The van der Waals surface area contributed by atoms with E-state index >= 15 is 0 Å². The van der Waals surface area contributed by atoms with Crippen molar-refractivity contribution < 1.29 is 33.7 Å². The maximum absolute atomic E-state index is 12.9. The molecule has 1 N–H and O–H groups in total. The third-order valence-electron chi connectivity index (χ3n) is 12.7. The number of carbonyl (C=O) groups excluding carboxylic acids is 3. The highest BCUT2D eigenvalue weighted by Gasteiger charge is 2.19. The van der Waals surface area contributed by atoms with Gasteiger partial charge >= 0.3 is 17.9 Å². The highest BCUT2D eigenvalue weighted by atomic mass is 16.6. The van der Waals surface area contributed by atoms with Crippen molar-refractivity contribution in [2.24, 2.45) is 11.1 Å². The molecule has 4 atom stereocenters. The molecule has 0 aliphatic carbocycles. The molecule has 10 nitrogen and oxygen atoms in total. The third-order valence-corrected chi connectivity index (χ3v) is 12.7. The van der Waals surface area contributed by atoms with Crippen molar-refractivity contribution in [3.05, 3.63) is 41.4 Å². The Hall–Kier alpha value is -3.32. The first kappa shape index (κ1) is 64.7. The summed E-state index contributed by atoms with van der Waals surface area (Å²) in [5.74, 6) is -0.363. The van der Waals surface area contributed by atoms with Gasteiger partial charge in [0, 0.05) is 25.7 Å². The Balaban J connectivity index is 4.55. The maximum atomic E-state index is 12.9. The van der Waals surface area contributed by atoms with Gasteiger partial charge in [0.2, 0.25) is 0 Å². The Morgan fingerprint density at radius 1 is 0.515 bits per heavy atom. The predicted octanol–water partition coefficient (Wildman–Crippen LogP) is 16.6. The Morgan fingerprint density at radius 2 is 0.941 bits per heavy atom. The zero-order valence-electron chi connectivity index (χ0n) is 44.0. The van der Waals surface area contributed by atoms with Crippen LogP contribution < -0.4 is 0 Å². The largest absolute Gasteiger partial charge is 0.462 e. The summed E-state index contributed by atoms with van der Waals surface area (Å²) in [6.07, 6.45) is 49.5. The molecule has 0 spiro atoms. The van der Waals surface area contributed by atoms with Gasteiger partial charge < -0.3 is 19.3 Å². The number of aliphatic hydroxyl groups excluding tert-OH is 1. The number of rotatable bonds is 51. The molecule has 0 bridgehead atoms. The van der Waals surface area contributed by atoms with Gasteiger partial charge in [0.1, 0.15) is 13.2 Å². The topological polar surface area (TPSA) is 152 Å². The predicted molar refractivity (Wildman–Crippen MR) is 281 cm³/mol. The number of allylic oxidation sites excluding steroid dienone is 4. The molecule has 68 heavy (non-hydrogen) atoms. The van der Waals surface area contributed by atoms with E-state index in [0.29, 0.717) is 31.6 Å². The molecule has 0 rings (SSSR count). The molecule has 0 aromatic rings. The van der Waals surface area contributed by atoms with Gasteiger partial charge in [-0.25, -0.2) is 0 Å². The molecule has 0 radical (unpaired) electrons. The summed E-state index contributed by atoms with van der Waals surface area (Å²) in [6.45, 7) is 6.41. The number of aliphatic hydroxyl groups is 1. The van der Waals surface area contributed by atoms with E-state index in [9.17, 15) is 24.4 Å².